The highest BCUT2D eigenvalue weighted by atomic mass is 79.9. The summed E-state index contributed by atoms with van der Waals surface area (Å²) in [6, 6.07) is 5.89. The minimum atomic E-state index is -0.495. The van der Waals surface area contributed by atoms with Gasteiger partial charge in [-0.3, -0.25) is 0 Å². The SMILES string of the molecule is COC(=O)c1ncc(OCc2cn3cc(C4CC4)ccc3n2)cc1Br. The molecule has 4 rings (SSSR count). The molecule has 0 atom stereocenters. The summed E-state index contributed by atoms with van der Waals surface area (Å²) in [6.07, 6.45) is 8.18. The van der Waals surface area contributed by atoms with Gasteiger partial charge in [-0.25, -0.2) is 14.8 Å². The van der Waals surface area contributed by atoms with Crippen LogP contribution in [0.15, 0.2) is 41.3 Å². The first-order valence-corrected chi connectivity index (χ1v) is 8.77. The van der Waals surface area contributed by atoms with E-state index >= 15 is 0 Å². The molecule has 0 spiro atoms. The van der Waals surface area contributed by atoms with Gasteiger partial charge in [0.05, 0.1) is 23.5 Å². The number of methoxy groups -OCH3 is 1. The Hall–Kier alpha value is -2.41. The number of ether oxygens (including phenoxy) is 2. The molecule has 1 aliphatic carbocycles. The maximum atomic E-state index is 11.5. The highest BCUT2D eigenvalue weighted by Crippen LogP contribution is 2.39. The molecule has 3 aromatic rings. The third-order valence-corrected chi connectivity index (χ3v) is 4.76. The minimum absolute atomic E-state index is 0.218. The zero-order valence-corrected chi connectivity index (χ0v) is 15.2. The van der Waals surface area contributed by atoms with Crippen LogP contribution in [-0.2, 0) is 11.3 Å². The van der Waals surface area contributed by atoms with Crippen LogP contribution < -0.4 is 4.74 Å². The zero-order chi connectivity index (χ0) is 17.4. The van der Waals surface area contributed by atoms with Crippen molar-refractivity contribution in [3.63, 3.8) is 0 Å². The highest BCUT2D eigenvalue weighted by Gasteiger charge is 2.23. The Morgan fingerprint density at radius 3 is 2.92 bits per heavy atom. The van der Waals surface area contributed by atoms with Crippen LogP contribution in [0.5, 0.6) is 5.75 Å². The maximum Gasteiger partial charge on any atom is 0.357 e. The molecule has 0 aromatic carbocycles. The van der Waals surface area contributed by atoms with E-state index in [1.54, 1.807) is 6.07 Å². The number of aromatic nitrogens is 3. The van der Waals surface area contributed by atoms with Crippen LogP contribution in [-0.4, -0.2) is 27.4 Å². The van der Waals surface area contributed by atoms with Gasteiger partial charge in [0.25, 0.3) is 0 Å². The van der Waals surface area contributed by atoms with Crippen LogP contribution in [0.25, 0.3) is 5.65 Å². The minimum Gasteiger partial charge on any atom is -0.486 e. The van der Waals surface area contributed by atoms with Crippen molar-refractivity contribution in [1.29, 1.82) is 0 Å². The lowest BCUT2D eigenvalue weighted by Crippen LogP contribution is -2.06. The van der Waals surface area contributed by atoms with Crippen molar-refractivity contribution in [2.75, 3.05) is 7.11 Å². The Labute approximate surface area is 152 Å². The molecular weight excluding hydrogens is 386 g/mol. The van der Waals surface area contributed by atoms with Crippen molar-refractivity contribution in [3.8, 4) is 5.75 Å². The molecule has 0 aliphatic heterocycles. The smallest absolute Gasteiger partial charge is 0.357 e. The summed E-state index contributed by atoms with van der Waals surface area (Å²) < 4.78 is 13.0. The Morgan fingerprint density at radius 2 is 2.20 bits per heavy atom. The standard InChI is InChI=1S/C18H16BrN3O3/c1-24-18(23)17-15(19)6-14(7-20-17)25-10-13-9-22-8-12(11-2-3-11)4-5-16(22)21-13/h4-9,11H,2-3,10H2,1H3. The molecule has 1 aliphatic rings. The van der Waals surface area contributed by atoms with Gasteiger partial charge in [-0.15, -0.1) is 0 Å². The second kappa shape index (κ2) is 6.48. The lowest BCUT2D eigenvalue weighted by atomic mass is 10.2. The average molecular weight is 402 g/mol. The van der Waals surface area contributed by atoms with Gasteiger partial charge in [-0.2, -0.15) is 0 Å². The molecule has 7 heteroatoms. The first kappa shape index (κ1) is 16.1. The molecule has 0 unspecified atom stereocenters. The third kappa shape index (κ3) is 3.37. The fourth-order valence-corrected chi connectivity index (χ4v) is 3.18. The van der Waals surface area contributed by atoms with Crippen LogP contribution in [0.1, 0.15) is 40.5 Å². The first-order chi connectivity index (χ1) is 12.1. The van der Waals surface area contributed by atoms with E-state index in [1.807, 2.05) is 16.7 Å². The van der Waals surface area contributed by atoms with Gasteiger partial charge < -0.3 is 13.9 Å². The molecule has 0 N–H and O–H groups in total. The quantitative estimate of drug-likeness (QED) is 0.609. The summed E-state index contributed by atoms with van der Waals surface area (Å²) in [5, 5.41) is 0. The Balaban J connectivity index is 1.48. The lowest BCUT2D eigenvalue weighted by Gasteiger charge is -2.06. The summed E-state index contributed by atoms with van der Waals surface area (Å²) >= 11 is 3.31. The normalized spacial score (nSPS) is 13.8. The predicted octanol–water partition coefficient (Wildman–Crippen LogP) is 3.73. The van der Waals surface area contributed by atoms with Crippen molar-refractivity contribution in [2.24, 2.45) is 0 Å². The summed E-state index contributed by atoms with van der Waals surface area (Å²) in [5.74, 6) is 0.767. The molecule has 3 heterocycles. The number of halogens is 1. The lowest BCUT2D eigenvalue weighted by molar-refractivity contribution is 0.0592. The molecule has 128 valence electrons. The number of rotatable bonds is 5. The second-order valence-electron chi connectivity index (χ2n) is 6.02. The number of nitrogens with zero attached hydrogens (tertiary/aromatic N) is 3. The van der Waals surface area contributed by atoms with Crippen LogP contribution >= 0.6 is 15.9 Å². The summed E-state index contributed by atoms with van der Waals surface area (Å²) in [4.78, 5) is 20.2. The van der Waals surface area contributed by atoms with Crippen molar-refractivity contribution in [1.82, 2.24) is 14.4 Å². The monoisotopic (exact) mass is 401 g/mol. The average Bonchev–Trinajstić information content (AvgIpc) is 3.38. The number of esters is 1. The van der Waals surface area contributed by atoms with Crippen molar-refractivity contribution in [3.05, 3.63) is 58.2 Å². The molecule has 6 nitrogen and oxygen atoms in total. The Morgan fingerprint density at radius 1 is 1.36 bits per heavy atom. The summed E-state index contributed by atoms with van der Waals surface area (Å²) in [7, 11) is 1.32. The molecule has 0 saturated heterocycles. The number of carbonyl (C=O) groups is 1. The van der Waals surface area contributed by atoms with Gasteiger partial charge >= 0.3 is 5.97 Å². The van der Waals surface area contributed by atoms with Gasteiger partial charge in [0.15, 0.2) is 5.69 Å². The van der Waals surface area contributed by atoms with E-state index in [2.05, 4.69) is 42.9 Å². The van der Waals surface area contributed by atoms with Gasteiger partial charge in [0, 0.05) is 12.4 Å². The topological polar surface area (TPSA) is 65.7 Å². The Bertz CT molecular complexity index is 950. The van der Waals surface area contributed by atoms with Gasteiger partial charge in [-0.1, -0.05) is 6.07 Å². The van der Waals surface area contributed by atoms with Gasteiger partial charge in [-0.05, 0) is 52.4 Å². The number of pyridine rings is 2. The van der Waals surface area contributed by atoms with E-state index < -0.39 is 5.97 Å². The summed E-state index contributed by atoms with van der Waals surface area (Å²) in [5.41, 5.74) is 3.32. The molecule has 0 amide bonds. The predicted molar refractivity (Wildman–Crippen MR) is 94.8 cm³/mol. The van der Waals surface area contributed by atoms with E-state index in [0.29, 0.717) is 22.7 Å². The number of fused-ring (bicyclic) bond motifs is 1. The molecule has 3 aromatic heterocycles. The Kier molecular flexibility index (Phi) is 4.17. The molecule has 0 radical (unpaired) electrons. The van der Waals surface area contributed by atoms with E-state index in [0.717, 1.165) is 11.3 Å². The fraction of sp³-hybridized carbons (Fsp3) is 0.278. The first-order valence-electron chi connectivity index (χ1n) is 7.98. The molecule has 0 bridgehead atoms. The molecule has 1 saturated carbocycles. The molecular formula is C18H16BrN3O3. The van der Waals surface area contributed by atoms with Crippen molar-refractivity contribution in [2.45, 2.75) is 25.4 Å². The van der Waals surface area contributed by atoms with Crippen molar-refractivity contribution >= 4 is 27.5 Å². The van der Waals surface area contributed by atoms with Gasteiger partial charge in [0.2, 0.25) is 0 Å². The number of carbonyl (C=O) groups excluding carboxylic acids is 1. The van der Waals surface area contributed by atoms with Crippen LogP contribution in [0.4, 0.5) is 0 Å². The van der Waals surface area contributed by atoms with Crippen LogP contribution in [0.2, 0.25) is 0 Å². The number of hydrogen-bond donors (Lipinski definition) is 0. The molecule has 25 heavy (non-hydrogen) atoms. The van der Waals surface area contributed by atoms with E-state index in [9.17, 15) is 4.79 Å². The van der Waals surface area contributed by atoms with Crippen molar-refractivity contribution < 1.29 is 14.3 Å². The van der Waals surface area contributed by atoms with Crippen LogP contribution in [0, 0.1) is 0 Å². The highest BCUT2D eigenvalue weighted by molar-refractivity contribution is 9.10. The van der Waals surface area contributed by atoms with E-state index in [4.69, 9.17) is 4.74 Å². The molecule has 1 fully saturated rings. The second-order valence-corrected chi connectivity index (χ2v) is 6.87. The van der Waals surface area contributed by atoms with Crippen LogP contribution in [0.3, 0.4) is 0 Å². The number of imidazole rings is 1. The zero-order valence-electron chi connectivity index (χ0n) is 13.6. The summed E-state index contributed by atoms with van der Waals surface area (Å²) in [6.45, 7) is 0.326. The largest absolute Gasteiger partial charge is 0.486 e. The maximum absolute atomic E-state index is 11.5. The van der Waals surface area contributed by atoms with E-state index in [1.165, 1.54) is 31.7 Å². The fourth-order valence-electron chi connectivity index (χ4n) is 2.69. The van der Waals surface area contributed by atoms with E-state index in [-0.39, 0.29) is 5.69 Å². The third-order valence-electron chi connectivity index (χ3n) is 4.15. The number of hydrogen-bond acceptors (Lipinski definition) is 5. The van der Waals surface area contributed by atoms with Gasteiger partial charge in [0.1, 0.15) is 18.0 Å².